The molecule has 1 aliphatic carbocycles. The van der Waals surface area contributed by atoms with Gasteiger partial charge in [-0.1, -0.05) is 25.7 Å². The van der Waals surface area contributed by atoms with Crippen LogP contribution in [0.4, 0.5) is 0 Å². The van der Waals surface area contributed by atoms with Gasteiger partial charge in [0.2, 0.25) is 0 Å². The summed E-state index contributed by atoms with van der Waals surface area (Å²) in [7, 11) is 0. The fraction of sp³-hybridized carbons (Fsp3) is 0.643. The number of nitrogens with one attached hydrogen (secondary N) is 1. The van der Waals surface area contributed by atoms with E-state index in [9.17, 15) is 9.90 Å². The van der Waals surface area contributed by atoms with E-state index in [0.717, 1.165) is 30.6 Å². The molecule has 0 amide bonds. The molecule has 106 valence electrons. The number of aliphatic hydroxyl groups is 1. The third-order valence-corrected chi connectivity index (χ3v) is 4.73. The molecule has 0 radical (unpaired) electrons. The van der Waals surface area contributed by atoms with Crippen molar-refractivity contribution in [1.82, 2.24) is 5.32 Å². The Kier molecular flexibility index (Phi) is 4.96. The quantitative estimate of drug-likeness (QED) is 0.727. The van der Waals surface area contributed by atoms with Gasteiger partial charge in [0.1, 0.15) is 4.88 Å². The molecule has 0 atom stereocenters. The van der Waals surface area contributed by atoms with E-state index in [-0.39, 0.29) is 0 Å². The van der Waals surface area contributed by atoms with Gasteiger partial charge in [0, 0.05) is 18.0 Å². The minimum absolute atomic E-state index is 0.366. The number of carboxylic acids is 1. The van der Waals surface area contributed by atoms with Gasteiger partial charge >= 0.3 is 5.97 Å². The molecule has 0 spiro atoms. The highest BCUT2D eigenvalue weighted by Gasteiger charge is 2.27. The Labute approximate surface area is 117 Å². The third-order valence-electron chi connectivity index (χ3n) is 3.66. The van der Waals surface area contributed by atoms with Crippen LogP contribution in [0.15, 0.2) is 12.1 Å². The molecule has 1 saturated carbocycles. The summed E-state index contributed by atoms with van der Waals surface area (Å²) in [5.74, 6) is -0.876. The molecule has 1 heterocycles. The molecule has 4 nitrogen and oxygen atoms in total. The van der Waals surface area contributed by atoms with Crippen LogP contribution in [-0.2, 0) is 6.54 Å². The van der Waals surface area contributed by atoms with E-state index < -0.39 is 11.6 Å². The summed E-state index contributed by atoms with van der Waals surface area (Å²) in [6.07, 6.45) is 6.36. The smallest absolute Gasteiger partial charge is 0.345 e. The lowest BCUT2D eigenvalue weighted by molar-refractivity contribution is 0.0251. The number of carbonyl (C=O) groups is 1. The van der Waals surface area contributed by atoms with Crippen molar-refractivity contribution < 1.29 is 15.0 Å². The maximum Gasteiger partial charge on any atom is 0.345 e. The molecular weight excluding hydrogens is 262 g/mol. The molecule has 0 aliphatic heterocycles. The molecule has 0 aromatic carbocycles. The van der Waals surface area contributed by atoms with Crippen LogP contribution in [0.3, 0.4) is 0 Å². The van der Waals surface area contributed by atoms with Gasteiger partial charge in [0.25, 0.3) is 0 Å². The summed E-state index contributed by atoms with van der Waals surface area (Å²) < 4.78 is 0. The first-order valence-electron chi connectivity index (χ1n) is 6.84. The summed E-state index contributed by atoms with van der Waals surface area (Å²) in [5, 5.41) is 22.6. The highest BCUT2D eigenvalue weighted by Crippen LogP contribution is 2.26. The number of hydrogen-bond donors (Lipinski definition) is 3. The maximum absolute atomic E-state index is 10.8. The molecule has 0 saturated heterocycles. The highest BCUT2D eigenvalue weighted by atomic mass is 32.1. The van der Waals surface area contributed by atoms with Gasteiger partial charge < -0.3 is 15.5 Å². The van der Waals surface area contributed by atoms with Crippen molar-refractivity contribution >= 4 is 17.3 Å². The van der Waals surface area contributed by atoms with Crippen molar-refractivity contribution in [3.8, 4) is 0 Å². The Morgan fingerprint density at radius 2 is 1.95 bits per heavy atom. The molecule has 5 heteroatoms. The van der Waals surface area contributed by atoms with Crippen molar-refractivity contribution in [2.45, 2.75) is 50.7 Å². The fourth-order valence-electron chi connectivity index (χ4n) is 2.57. The predicted molar refractivity (Wildman–Crippen MR) is 75.6 cm³/mol. The van der Waals surface area contributed by atoms with Gasteiger partial charge in [-0.2, -0.15) is 0 Å². The van der Waals surface area contributed by atoms with Crippen LogP contribution in [0.1, 0.15) is 53.1 Å². The Balaban J connectivity index is 1.80. The molecule has 0 unspecified atom stereocenters. The van der Waals surface area contributed by atoms with Crippen molar-refractivity contribution in [3.05, 3.63) is 21.9 Å². The van der Waals surface area contributed by atoms with Crippen LogP contribution in [0, 0.1) is 0 Å². The average Bonchev–Trinajstić information content (AvgIpc) is 2.73. The molecule has 1 aromatic heterocycles. The number of hydrogen-bond acceptors (Lipinski definition) is 4. The second-order valence-corrected chi connectivity index (χ2v) is 6.48. The molecular formula is C14H21NO3S. The van der Waals surface area contributed by atoms with Crippen LogP contribution in [-0.4, -0.2) is 28.3 Å². The van der Waals surface area contributed by atoms with Crippen LogP contribution in [0.5, 0.6) is 0 Å². The molecule has 3 N–H and O–H groups in total. The molecule has 19 heavy (non-hydrogen) atoms. The Morgan fingerprint density at radius 1 is 1.26 bits per heavy atom. The summed E-state index contributed by atoms with van der Waals surface area (Å²) >= 11 is 1.29. The average molecular weight is 283 g/mol. The van der Waals surface area contributed by atoms with E-state index >= 15 is 0 Å². The summed E-state index contributed by atoms with van der Waals surface area (Å²) in [5.41, 5.74) is -0.580. The molecule has 1 aromatic rings. The second kappa shape index (κ2) is 6.50. The first-order chi connectivity index (χ1) is 9.09. The molecule has 0 bridgehead atoms. The normalized spacial score (nSPS) is 19.0. The third kappa shape index (κ3) is 4.30. The standard InChI is InChI=1S/C14H21NO3S/c16-13(17)12-6-5-11(19-12)9-15-10-14(18)7-3-1-2-4-8-14/h5-6,15,18H,1-4,7-10H2,(H,16,17). The lowest BCUT2D eigenvalue weighted by atomic mass is 9.94. The highest BCUT2D eigenvalue weighted by molar-refractivity contribution is 7.13. The summed E-state index contributed by atoms with van der Waals surface area (Å²) in [4.78, 5) is 12.1. The van der Waals surface area contributed by atoms with Crippen molar-refractivity contribution in [2.75, 3.05) is 6.54 Å². The Bertz CT molecular complexity index is 422. The minimum Gasteiger partial charge on any atom is -0.477 e. The zero-order valence-electron chi connectivity index (χ0n) is 11.0. The van der Waals surface area contributed by atoms with E-state index in [4.69, 9.17) is 5.11 Å². The SMILES string of the molecule is O=C(O)c1ccc(CNCC2(O)CCCCCC2)s1. The monoisotopic (exact) mass is 283 g/mol. The van der Waals surface area contributed by atoms with Gasteiger partial charge in [-0.3, -0.25) is 0 Å². The van der Waals surface area contributed by atoms with Crippen LogP contribution >= 0.6 is 11.3 Å². The van der Waals surface area contributed by atoms with Gasteiger partial charge in [-0.05, 0) is 25.0 Å². The van der Waals surface area contributed by atoms with E-state index in [1.54, 1.807) is 6.07 Å². The molecule has 2 rings (SSSR count). The maximum atomic E-state index is 10.8. The van der Waals surface area contributed by atoms with Gasteiger partial charge in [0.05, 0.1) is 5.60 Å². The van der Waals surface area contributed by atoms with E-state index in [1.165, 1.54) is 24.2 Å². The van der Waals surface area contributed by atoms with Crippen molar-refractivity contribution in [2.24, 2.45) is 0 Å². The summed E-state index contributed by atoms with van der Waals surface area (Å²) in [6.45, 7) is 1.22. The fourth-order valence-corrected chi connectivity index (χ4v) is 3.39. The Morgan fingerprint density at radius 3 is 2.53 bits per heavy atom. The van der Waals surface area contributed by atoms with Crippen molar-refractivity contribution in [3.63, 3.8) is 0 Å². The zero-order chi connectivity index (χ0) is 13.7. The van der Waals surface area contributed by atoms with Gasteiger partial charge in [-0.25, -0.2) is 4.79 Å². The number of thiophene rings is 1. The van der Waals surface area contributed by atoms with Crippen molar-refractivity contribution in [1.29, 1.82) is 0 Å². The van der Waals surface area contributed by atoms with E-state index in [2.05, 4.69) is 5.32 Å². The summed E-state index contributed by atoms with van der Waals surface area (Å²) in [6, 6.07) is 3.46. The largest absolute Gasteiger partial charge is 0.477 e. The number of rotatable bonds is 5. The topological polar surface area (TPSA) is 69.6 Å². The van der Waals surface area contributed by atoms with E-state index in [1.807, 2.05) is 6.07 Å². The van der Waals surface area contributed by atoms with Gasteiger partial charge in [0.15, 0.2) is 0 Å². The Hall–Kier alpha value is -0.910. The lowest BCUT2D eigenvalue weighted by Gasteiger charge is -2.26. The molecule has 1 fully saturated rings. The predicted octanol–water partition coefficient (Wildman–Crippen LogP) is 2.62. The number of carboxylic acid groups (broad SMARTS) is 1. The second-order valence-electron chi connectivity index (χ2n) is 5.31. The van der Waals surface area contributed by atoms with Gasteiger partial charge in [-0.15, -0.1) is 11.3 Å². The van der Waals surface area contributed by atoms with E-state index in [0.29, 0.717) is 18.0 Å². The van der Waals surface area contributed by atoms with Crippen LogP contribution < -0.4 is 5.32 Å². The minimum atomic E-state index is -0.876. The first kappa shape index (κ1) is 14.5. The van der Waals surface area contributed by atoms with Crippen LogP contribution in [0.2, 0.25) is 0 Å². The molecule has 1 aliphatic rings. The van der Waals surface area contributed by atoms with Crippen LogP contribution in [0.25, 0.3) is 0 Å². The number of aromatic carboxylic acids is 1. The lowest BCUT2D eigenvalue weighted by Crippen LogP contribution is -2.39. The first-order valence-corrected chi connectivity index (χ1v) is 7.66. The zero-order valence-corrected chi connectivity index (χ0v) is 11.8.